The van der Waals surface area contributed by atoms with Crippen LogP contribution in [0.4, 0.5) is 13.2 Å². The molecule has 0 fully saturated rings. The molecule has 0 aliphatic carbocycles. The third kappa shape index (κ3) is 4.95. The van der Waals surface area contributed by atoms with Gasteiger partial charge in [0.1, 0.15) is 6.61 Å². The summed E-state index contributed by atoms with van der Waals surface area (Å²) in [6, 6.07) is 13.1. The van der Waals surface area contributed by atoms with Gasteiger partial charge in [-0.25, -0.2) is 4.79 Å². The average molecular weight is 322 g/mol. The summed E-state index contributed by atoms with van der Waals surface area (Å²) < 4.78 is 42.6. The van der Waals surface area contributed by atoms with E-state index in [1.165, 1.54) is 12.1 Å². The van der Waals surface area contributed by atoms with E-state index in [0.717, 1.165) is 12.1 Å². The lowest BCUT2D eigenvalue weighted by molar-refractivity contribution is -0.154. The molecule has 120 valence electrons. The van der Waals surface area contributed by atoms with Crippen molar-refractivity contribution in [3.63, 3.8) is 0 Å². The van der Waals surface area contributed by atoms with Crippen LogP contribution in [0.2, 0.25) is 0 Å². The van der Waals surface area contributed by atoms with E-state index in [1.54, 1.807) is 30.3 Å². The number of carbonyl (C=O) groups excluding carboxylic acids is 2. The number of carbonyl (C=O) groups is 2. The summed E-state index contributed by atoms with van der Waals surface area (Å²) in [5, 5.41) is 0. The van der Waals surface area contributed by atoms with Crippen LogP contribution in [0.5, 0.6) is 0 Å². The van der Waals surface area contributed by atoms with Crippen molar-refractivity contribution in [2.75, 3.05) is 0 Å². The van der Waals surface area contributed by atoms with Crippen LogP contribution in [-0.2, 0) is 33.5 Å². The summed E-state index contributed by atoms with van der Waals surface area (Å²) in [7, 11) is 0. The Morgan fingerprint density at radius 1 is 0.913 bits per heavy atom. The molecule has 0 radical (unpaired) electrons. The van der Waals surface area contributed by atoms with Gasteiger partial charge in [0.05, 0.1) is 5.56 Å². The number of hydrogen-bond acceptors (Lipinski definition) is 3. The highest BCUT2D eigenvalue weighted by Crippen LogP contribution is 2.29. The summed E-state index contributed by atoms with van der Waals surface area (Å²) >= 11 is 0. The van der Waals surface area contributed by atoms with E-state index in [1.807, 2.05) is 0 Å². The minimum absolute atomic E-state index is 0.0615. The van der Waals surface area contributed by atoms with Gasteiger partial charge in [-0.05, 0) is 17.2 Å². The first-order valence-corrected chi connectivity index (χ1v) is 6.76. The Labute approximate surface area is 130 Å². The van der Waals surface area contributed by atoms with E-state index in [-0.39, 0.29) is 12.2 Å². The molecular formula is C17H13F3O3. The maximum Gasteiger partial charge on any atom is 0.416 e. The van der Waals surface area contributed by atoms with Crippen molar-refractivity contribution in [3.8, 4) is 0 Å². The predicted octanol–water partition coefficient (Wildman–Crippen LogP) is 3.56. The maximum absolute atomic E-state index is 12.6. The molecule has 0 heterocycles. The first-order chi connectivity index (χ1) is 10.9. The molecule has 2 aromatic rings. The minimum atomic E-state index is -4.49. The standard InChI is InChI=1S/C17H13F3O3/c18-17(19,20)14-8-4-7-13(9-14)10-15(21)16(22)23-11-12-5-2-1-3-6-12/h1-9H,10-11H2. The fourth-order valence-corrected chi connectivity index (χ4v) is 1.92. The Kier molecular flexibility index (Phi) is 5.16. The van der Waals surface area contributed by atoms with Gasteiger partial charge < -0.3 is 4.74 Å². The molecule has 0 atom stereocenters. The van der Waals surface area contributed by atoms with Crippen LogP contribution < -0.4 is 0 Å². The van der Waals surface area contributed by atoms with Crippen molar-refractivity contribution in [1.29, 1.82) is 0 Å². The monoisotopic (exact) mass is 322 g/mol. The van der Waals surface area contributed by atoms with E-state index >= 15 is 0 Å². The number of halogens is 3. The molecule has 23 heavy (non-hydrogen) atoms. The SMILES string of the molecule is O=C(Cc1cccc(C(F)(F)F)c1)C(=O)OCc1ccccc1. The van der Waals surface area contributed by atoms with Gasteiger partial charge in [-0.2, -0.15) is 13.2 Å². The van der Waals surface area contributed by atoms with Crippen LogP contribution in [0.1, 0.15) is 16.7 Å². The molecule has 6 heteroatoms. The third-order valence-corrected chi connectivity index (χ3v) is 3.06. The average Bonchev–Trinajstić information content (AvgIpc) is 2.53. The Morgan fingerprint density at radius 2 is 1.57 bits per heavy atom. The Balaban J connectivity index is 1.95. The second kappa shape index (κ2) is 7.09. The fraction of sp³-hybridized carbons (Fsp3) is 0.176. The molecule has 0 unspecified atom stereocenters. The van der Waals surface area contributed by atoms with E-state index in [0.29, 0.717) is 5.56 Å². The minimum Gasteiger partial charge on any atom is -0.455 e. The zero-order valence-corrected chi connectivity index (χ0v) is 12.0. The lowest BCUT2D eigenvalue weighted by Crippen LogP contribution is -2.19. The van der Waals surface area contributed by atoms with E-state index < -0.39 is 29.9 Å². The molecule has 0 aliphatic rings. The molecule has 2 aromatic carbocycles. The van der Waals surface area contributed by atoms with E-state index in [2.05, 4.69) is 0 Å². The topological polar surface area (TPSA) is 43.4 Å². The number of benzene rings is 2. The second-order valence-electron chi connectivity index (χ2n) is 4.86. The van der Waals surface area contributed by atoms with Crippen LogP contribution >= 0.6 is 0 Å². The molecule has 0 saturated carbocycles. The number of hydrogen-bond donors (Lipinski definition) is 0. The fourth-order valence-electron chi connectivity index (χ4n) is 1.92. The molecule has 0 aliphatic heterocycles. The highest BCUT2D eigenvalue weighted by atomic mass is 19.4. The maximum atomic E-state index is 12.6. The van der Waals surface area contributed by atoms with Gasteiger partial charge >= 0.3 is 12.1 Å². The molecule has 2 rings (SSSR count). The molecule has 0 amide bonds. The summed E-state index contributed by atoms with van der Waals surface area (Å²) in [5.41, 5.74) is -0.0327. The molecule has 3 nitrogen and oxygen atoms in total. The summed E-state index contributed by atoms with van der Waals surface area (Å²) in [5.74, 6) is -1.95. The van der Waals surface area contributed by atoms with Gasteiger partial charge in [0.15, 0.2) is 0 Å². The van der Waals surface area contributed by atoms with Gasteiger partial charge in [0.2, 0.25) is 5.78 Å². The zero-order chi connectivity index (χ0) is 16.9. The Bertz CT molecular complexity index is 694. The largest absolute Gasteiger partial charge is 0.455 e. The van der Waals surface area contributed by atoms with Crippen molar-refractivity contribution in [2.24, 2.45) is 0 Å². The first kappa shape index (κ1) is 16.7. The van der Waals surface area contributed by atoms with Crippen LogP contribution in [-0.4, -0.2) is 11.8 Å². The van der Waals surface area contributed by atoms with E-state index in [4.69, 9.17) is 4.74 Å². The van der Waals surface area contributed by atoms with Gasteiger partial charge in [-0.3, -0.25) is 4.79 Å². The number of Topliss-reactive ketones (excluding diaryl/α,β-unsaturated/α-hetero) is 1. The number of rotatable bonds is 5. The smallest absolute Gasteiger partial charge is 0.416 e. The number of alkyl halides is 3. The first-order valence-electron chi connectivity index (χ1n) is 6.76. The highest BCUT2D eigenvalue weighted by Gasteiger charge is 2.30. The molecule has 0 saturated heterocycles. The van der Waals surface area contributed by atoms with E-state index in [9.17, 15) is 22.8 Å². The number of ketones is 1. The Morgan fingerprint density at radius 3 is 2.22 bits per heavy atom. The van der Waals surface area contributed by atoms with Gasteiger partial charge in [-0.1, -0.05) is 48.5 Å². The van der Waals surface area contributed by atoms with Crippen LogP contribution in [0.25, 0.3) is 0 Å². The van der Waals surface area contributed by atoms with Gasteiger partial charge in [0, 0.05) is 6.42 Å². The van der Waals surface area contributed by atoms with Gasteiger partial charge in [-0.15, -0.1) is 0 Å². The quantitative estimate of drug-likeness (QED) is 0.624. The van der Waals surface area contributed by atoms with Crippen molar-refractivity contribution < 1.29 is 27.5 Å². The zero-order valence-electron chi connectivity index (χ0n) is 12.0. The van der Waals surface area contributed by atoms with Crippen molar-refractivity contribution in [3.05, 3.63) is 71.3 Å². The molecular weight excluding hydrogens is 309 g/mol. The molecule has 0 spiro atoms. The summed E-state index contributed by atoms with van der Waals surface area (Å²) in [6.07, 6.45) is -4.93. The number of esters is 1. The second-order valence-corrected chi connectivity index (χ2v) is 4.86. The van der Waals surface area contributed by atoms with Crippen LogP contribution in [0.3, 0.4) is 0 Å². The van der Waals surface area contributed by atoms with Crippen molar-refractivity contribution in [1.82, 2.24) is 0 Å². The molecule has 0 N–H and O–H groups in total. The molecule has 0 aromatic heterocycles. The number of ether oxygens (including phenoxy) is 1. The van der Waals surface area contributed by atoms with Crippen molar-refractivity contribution in [2.45, 2.75) is 19.2 Å². The Hall–Kier alpha value is -2.63. The third-order valence-electron chi connectivity index (χ3n) is 3.06. The normalized spacial score (nSPS) is 11.1. The van der Waals surface area contributed by atoms with Crippen LogP contribution in [0, 0.1) is 0 Å². The highest BCUT2D eigenvalue weighted by molar-refractivity contribution is 6.34. The van der Waals surface area contributed by atoms with Crippen LogP contribution in [0.15, 0.2) is 54.6 Å². The predicted molar refractivity (Wildman–Crippen MR) is 76.4 cm³/mol. The van der Waals surface area contributed by atoms with Gasteiger partial charge in [0.25, 0.3) is 0 Å². The lowest BCUT2D eigenvalue weighted by Gasteiger charge is -2.08. The summed E-state index contributed by atoms with van der Waals surface area (Å²) in [4.78, 5) is 23.3. The lowest BCUT2D eigenvalue weighted by atomic mass is 10.1. The molecule has 0 bridgehead atoms. The van der Waals surface area contributed by atoms with Crippen molar-refractivity contribution >= 4 is 11.8 Å². The summed E-state index contributed by atoms with van der Waals surface area (Å²) in [6.45, 7) is -0.0615.